The molecule has 1 saturated heterocycles. The van der Waals surface area contributed by atoms with Crippen molar-refractivity contribution in [3.05, 3.63) is 30.5 Å². The highest BCUT2D eigenvalue weighted by Gasteiger charge is 2.16. The minimum Gasteiger partial charge on any atom is -0.497 e. The predicted molar refractivity (Wildman–Crippen MR) is 74.8 cm³/mol. The van der Waals surface area contributed by atoms with Crippen molar-refractivity contribution in [2.45, 2.75) is 18.9 Å². The van der Waals surface area contributed by atoms with Gasteiger partial charge in [0, 0.05) is 18.1 Å². The van der Waals surface area contributed by atoms with Crippen LogP contribution in [-0.2, 0) is 0 Å². The van der Waals surface area contributed by atoms with Crippen molar-refractivity contribution in [2.75, 3.05) is 20.2 Å². The maximum atomic E-state index is 6.04. The van der Waals surface area contributed by atoms with Gasteiger partial charge in [0.15, 0.2) is 0 Å². The molecule has 1 aromatic heterocycles. The molecule has 1 fully saturated rings. The lowest BCUT2D eigenvalue weighted by molar-refractivity contribution is 0.163. The molecule has 2 heterocycles. The van der Waals surface area contributed by atoms with Crippen LogP contribution >= 0.6 is 0 Å². The summed E-state index contributed by atoms with van der Waals surface area (Å²) < 4.78 is 11.3. The van der Waals surface area contributed by atoms with Crippen molar-refractivity contribution < 1.29 is 9.47 Å². The maximum absolute atomic E-state index is 6.04. The maximum Gasteiger partial charge on any atom is 0.221 e. The number of methoxy groups -OCH3 is 1. The number of rotatable bonds is 3. The highest BCUT2D eigenvalue weighted by Crippen LogP contribution is 2.28. The van der Waals surface area contributed by atoms with Gasteiger partial charge in [0.1, 0.15) is 11.9 Å². The minimum absolute atomic E-state index is 0.207. The lowest BCUT2D eigenvalue weighted by Crippen LogP contribution is -2.37. The molecule has 0 amide bonds. The number of nitrogens with zero attached hydrogens (tertiary/aromatic N) is 1. The van der Waals surface area contributed by atoms with Crippen LogP contribution in [0.2, 0.25) is 0 Å². The summed E-state index contributed by atoms with van der Waals surface area (Å²) in [6, 6.07) is 7.95. The van der Waals surface area contributed by atoms with Gasteiger partial charge >= 0.3 is 0 Å². The summed E-state index contributed by atoms with van der Waals surface area (Å²) in [7, 11) is 1.67. The second-order valence-corrected chi connectivity index (χ2v) is 4.79. The zero-order valence-corrected chi connectivity index (χ0v) is 11.1. The first-order valence-corrected chi connectivity index (χ1v) is 6.67. The van der Waals surface area contributed by atoms with Crippen LogP contribution in [0.1, 0.15) is 12.8 Å². The van der Waals surface area contributed by atoms with Gasteiger partial charge in [-0.2, -0.15) is 0 Å². The van der Waals surface area contributed by atoms with Crippen LogP contribution in [0.15, 0.2) is 30.5 Å². The molecule has 0 saturated carbocycles. The third-order valence-electron chi connectivity index (χ3n) is 3.47. The summed E-state index contributed by atoms with van der Waals surface area (Å²) in [6.45, 7) is 1.97. The number of ether oxygens (including phenoxy) is 2. The van der Waals surface area contributed by atoms with Gasteiger partial charge in [-0.15, -0.1) is 0 Å². The van der Waals surface area contributed by atoms with E-state index in [1.54, 1.807) is 13.3 Å². The fourth-order valence-corrected chi connectivity index (χ4v) is 2.42. The smallest absolute Gasteiger partial charge is 0.221 e. The fraction of sp³-hybridized carbons (Fsp3) is 0.400. The molecule has 2 aromatic rings. The largest absolute Gasteiger partial charge is 0.497 e. The van der Waals surface area contributed by atoms with E-state index in [0.29, 0.717) is 5.88 Å². The number of hydrogen-bond acceptors (Lipinski definition) is 4. The molecule has 100 valence electrons. The highest BCUT2D eigenvalue weighted by atomic mass is 16.5. The fourth-order valence-electron chi connectivity index (χ4n) is 2.42. The molecule has 4 heteroatoms. The van der Waals surface area contributed by atoms with Crippen LogP contribution in [0.25, 0.3) is 10.8 Å². The standard InChI is InChI=1S/C15H18N2O2/c1-18-12-5-4-11-6-8-17-15(14(11)9-12)19-13-3-2-7-16-10-13/h4-6,8-9,13,16H,2-3,7,10H2,1H3. The molecule has 1 aromatic carbocycles. The summed E-state index contributed by atoms with van der Waals surface area (Å²) in [6.07, 6.45) is 4.23. The molecule has 3 rings (SSSR count). The lowest BCUT2D eigenvalue weighted by atomic mass is 10.1. The summed E-state index contributed by atoms with van der Waals surface area (Å²) in [4.78, 5) is 4.37. The van der Waals surface area contributed by atoms with Crippen LogP contribution in [0.5, 0.6) is 11.6 Å². The van der Waals surface area contributed by atoms with Crippen molar-refractivity contribution in [3.8, 4) is 11.6 Å². The Morgan fingerprint density at radius 2 is 2.26 bits per heavy atom. The van der Waals surface area contributed by atoms with Gasteiger partial charge in [-0.05, 0) is 43.0 Å². The van der Waals surface area contributed by atoms with E-state index >= 15 is 0 Å². The average molecular weight is 258 g/mol. The Balaban J connectivity index is 1.92. The second kappa shape index (κ2) is 5.45. The van der Waals surface area contributed by atoms with Crippen LogP contribution < -0.4 is 14.8 Å². The van der Waals surface area contributed by atoms with E-state index < -0.39 is 0 Å². The average Bonchev–Trinajstić information content (AvgIpc) is 2.48. The van der Waals surface area contributed by atoms with E-state index in [1.807, 2.05) is 24.3 Å². The molecule has 0 aliphatic carbocycles. The van der Waals surface area contributed by atoms with Gasteiger partial charge in [0.05, 0.1) is 7.11 Å². The Kier molecular flexibility index (Phi) is 3.51. The molecule has 1 atom stereocenters. The lowest BCUT2D eigenvalue weighted by Gasteiger charge is -2.23. The molecule has 0 radical (unpaired) electrons. The zero-order valence-electron chi connectivity index (χ0n) is 11.1. The van der Waals surface area contributed by atoms with Crippen molar-refractivity contribution in [1.82, 2.24) is 10.3 Å². The van der Waals surface area contributed by atoms with Gasteiger partial charge in [-0.3, -0.25) is 0 Å². The number of aromatic nitrogens is 1. The molecule has 1 unspecified atom stereocenters. The van der Waals surface area contributed by atoms with Gasteiger partial charge in [0.2, 0.25) is 5.88 Å². The predicted octanol–water partition coefficient (Wildman–Crippen LogP) is 2.37. The number of nitrogens with one attached hydrogen (secondary N) is 1. The summed E-state index contributed by atoms with van der Waals surface area (Å²) in [5, 5.41) is 5.48. The van der Waals surface area contributed by atoms with E-state index in [1.165, 1.54) is 0 Å². The Morgan fingerprint density at radius 1 is 1.32 bits per heavy atom. The topological polar surface area (TPSA) is 43.4 Å². The number of hydrogen-bond donors (Lipinski definition) is 1. The summed E-state index contributed by atoms with van der Waals surface area (Å²) in [5.74, 6) is 1.53. The molecule has 0 spiro atoms. The van der Waals surface area contributed by atoms with Gasteiger partial charge in [0.25, 0.3) is 0 Å². The third-order valence-corrected chi connectivity index (χ3v) is 3.47. The first kappa shape index (κ1) is 12.2. The first-order valence-electron chi connectivity index (χ1n) is 6.67. The third kappa shape index (κ3) is 2.63. The van der Waals surface area contributed by atoms with Crippen molar-refractivity contribution in [1.29, 1.82) is 0 Å². The molecule has 0 bridgehead atoms. The highest BCUT2D eigenvalue weighted by molar-refractivity contribution is 5.87. The van der Waals surface area contributed by atoms with E-state index in [9.17, 15) is 0 Å². The van der Waals surface area contributed by atoms with Crippen molar-refractivity contribution in [3.63, 3.8) is 0 Å². The molecule has 4 nitrogen and oxygen atoms in total. The van der Waals surface area contributed by atoms with Gasteiger partial charge < -0.3 is 14.8 Å². The summed E-state index contributed by atoms with van der Waals surface area (Å²) >= 11 is 0. The minimum atomic E-state index is 0.207. The molecule has 19 heavy (non-hydrogen) atoms. The van der Waals surface area contributed by atoms with E-state index in [0.717, 1.165) is 42.5 Å². The van der Waals surface area contributed by atoms with Crippen molar-refractivity contribution >= 4 is 10.8 Å². The first-order chi connectivity index (χ1) is 9.36. The normalized spacial score (nSPS) is 19.3. The Morgan fingerprint density at radius 3 is 3.05 bits per heavy atom. The van der Waals surface area contributed by atoms with Gasteiger partial charge in [-0.25, -0.2) is 4.98 Å². The Hall–Kier alpha value is -1.81. The van der Waals surface area contributed by atoms with Crippen molar-refractivity contribution in [2.24, 2.45) is 0 Å². The molecule has 1 N–H and O–H groups in total. The molecule has 1 aliphatic rings. The zero-order chi connectivity index (χ0) is 13.1. The van der Waals surface area contributed by atoms with Crippen LogP contribution in [0, 0.1) is 0 Å². The van der Waals surface area contributed by atoms with Crippen LogP contribution in [-0.4, -0.2) is 31.3 Å². The Bertz CT molecular complexity index is 565. The van der Waals surface area contributed by atoms with Crippen LogP contribution in [0.4, 0.5) is 0 Å². The molecule has 1 aliphatic heterocycles. The molecular formula is C15H18N2O2. The van der Waals surface area contributed by atoms with E-state index in [4.69, 9.17) is 9.47 Å². The quantitative estimate of drug-likeness (QED) is 0.918. The van der Waals surface area contributed by atoms with Gasteiger partial charge in [-0.1, -0.05) is 6.07 Å². The Labute approximate surface area is 112 Å². The van der Waals surface area contributed by atoms with E-state index in [2.05, 4.69) is 10.3 Å². The molecular weight excluding hydrogens is 240 g/mol. The number of piperidine rings is 1. The van der Waals surface area contributed by atoms with E-state index in [-0.39, 0.29) is 6.10 Å². The second-order valence-electron chi connectivity index (χ2n) is 4.79. The summed E-state index contributed by atoms with van der Waals surface area (Å²) in [5.41, 5.74) is 0. The number of pyridine rings is 1. The SMILES string of the molecule is COc1ccc2ccnc(OC3CCCNC3)c2c1. The van der Waals surface area contributed by atoms with Crippen LogP contribution in [0.3, 0.4) is 0 Å². The number of fused-ring (bicyclic) bond motifs is 1. The number of benzene rings is 1. The monoisotopic (exact) mass is 258 g/mol.